The Morgan fingerprint density at radius 1 is 1.29 bits per heavy atom. The molecular formula is C14H20N4O2S. The van der Waals surface area contributed by atoms with E-state index in [2.05, 4.69) is 27.2 Å². The highest BCUT2D eigenvalue weighted by molar-refractivity contribution is 7.15. The van der Waals surface area contributed by atoms with E-state index in [0.29, 0.717) is 12.5 Å². The molecule has 0 atom stereocenters. The van der Waals surface area contributed by atoms with Crippen LogP contribution in [0, 0.1) is 0 Å². The molecule has 0 spiro atoms. The van der Waals surface area contributed by atoms with E-state index in [1.54, 1.807) is 31.6 Å². The maximum absolute atomic E-state index is 5.23. The Morgan fingerprint density at radius 2 is 2.14 bits per heavy atom. The summed E-state index contributed by atoms with van der Waals surface area (Å²) in [4.78, 5) is 14.1. The van der Waals surface area contributed by atoms with Crippen LogP contribution in [0.1, 0.15) is 23.9 Å². The Balaban J connectivity index is 2.24. The number of rotatable bonds is 8. The van der Waals surface area contributed by atoms with Gasteiger partial charge in [-0.2, -0.15) is 0 Å². The van der Waals surface area contributed by atoms with E-state index in [4.69, 9.17) is 9.47 Å². The van der Waals surface area contributed by atoms with E-state index in [1.165, 1.54) is 11.2 Å². The molecule has 0 fully saturated rings. The van der Waals surface area contributed by atoms with Crippen LogP contribution in [0.3, 0.4) is 0 Å². The molecule has 0 unspecified atom stereocenters. The number of aromatic nitrogens is 3. The van der Waals surface area contributed by atoms with Gasteiger partial charge in [-0.1, -0.05) is 6.92 Å². The summed E-state index contributed by atoms with van der Waals surface area (Å²) in [6, 6.07) is 1.79. The SMILES string of the molecule is CCCNCc1sc(-c2cc(OC)ncn2)nc1COC. The zero-order chi connectivity index (χ0) is 15.1. The number of nitrogens with zero attached hydrogens (tertiary/aromatic N) is 3. The molecule has 0 saturated heterocycles. The number of hydrogen-bond acceptors (Lipinski definition) is 7. The Hall–Kier alpha value is -1.57. The van der Waals surface area contributed by atoms with Crippen molar-refractivity contribution in [3.63, 3.8) is 0 Å². The Morgan fingerprint density at radius 3 is 2.86 bits per heavy atom. The number of nitrogens with one attached hydrogen (secondary N) is 1. The van der Waals surface area contributed by atoms with Crippen LogP contribution >= 0.6 is 11.3 Å². The normalized spacial score (nSPS) is 10.8. The van der Waals surface area contributed by atoms with E-state index in [9.17, 15) is 0 Å². The maximum Gasteiger partial charge on any atom is 0.216 e. The van der Waals surface area contributed by atoms with Crippen molar-refractivity contribution in [2.75, 3.05) is 20.8 Å². The van der Waals surface area contributed by atoms with Crippen molar-refractivity contribution in [1.82, 2.24) is 20.3 Å². The van der Waals surface area contributed by atoms with Gasteiger partial charge in [-0.05, 0) is 13.0 Å². The van der Waals surface area contributed by atoms with E-state index in [0.717, 1.165) is 35.9 Å². The van der Waals surface area contributed by atoms with E-state index in [-0.39, 0.29) is 0 Å². The summed E-state index contributed by atoms with van der Waals surface area (Å²) in [5, 5.41) is 4.25. The van der Waals surface area contributed by atoms with Crippen LogP contribution in [-0.2, 0) is 17.9 Å². The van der Waals surface area contributed by atoms with Crippen molar-refractivity contribution >= 4 is 11.3 Å². The highest BCUT2D eigenvalue weighted by atomic mass is 32.1. The molecule has 6 nitrogen and oxygen atoms in total. The fourth-order valence-corrected chi connectivity index (χ4v) is 2.83. The van der Waals surface area contributed by atoms with Crippen molar-refractivity contribution in [2.24, 2.45) is 0 Å². The number of thiazole rings is 1. The molecule has 21 heavy (non-hydrogen) atoms. The summed E-state index contributed by atoms with van der Waals surface area (Å²) in [5.74, 6) is 0.536. The average molecular weight is 308 g/mol. The highest BCUT2D eigenvalue weighted by Gasteiger charge is 2.14. The molecule has 114 valence electrons. The second-order valence-corrected chi connectivity index (χ2v) is 5.53. The summed E-state index contributed by atoms with van der Waals surface area (Å²) in [6.07, 6.45) is 2.59. The van der Waals surface area contributed by atoms with Crippen molar-refractivity contribution in [3.05, 3.63) is 23.0 Å². The predicted octanol–water partition coefficient (Wildman–Crippen LogP) is 2.25. The van der Waals surface area contributed by atoms with Gasteiger partial charge in [0.2, 0.25) is 5.88 Å². The van der Waals surface area contributed by atoms with Crippen LogP contribution in [0.4, 0.5) is 0 Å². The summed E-state index contributed by atoms with van der Waals surface area (Å²) in [7, 11) is 3.26. The van der Waals surface area contributed by atoms with E-state index in [1.807, 2.05) is 0 Å². The molecule has 0 amide bonds. The highest BCUT2D eigenvalue weighted by Crippen LogP contribution is 2.28. The number of hydrogen-bond donors (Lipinski definition) is 1. The molecule has 0 saturated carbocycles. The van der Waals surface area contributed by atoms with Crippen LogP contribution in [0.5, 0.6) is 5.88 Å². The van der Waals surface area contributed by atoms with E-state index >= 15 is 0 Å². The van der Waals surface area contributed by atoms with Crippen LogP contribution in [-0.4, -0.2) is 35.7 Å². The van der Waals surface area contributed by atoms with Gasteiger partial charge in [-0.15, -0.1) is 11.3 Å². The first kappa shape index (κ1) is 15.8. The summed E-state index contributed by atoms with van der Waals surface area (Å²) >= 11 is 1.62. The third kappa shape index (κ3) is 4.20. The van der Waals surface area contributed by atoms with Gasteiger partial charge >= 0.3 is 0 Å². The van der Waals surface area contributed by atoms with Crippen molar-refractivity contribution in [3.8, 4) is 16.6 Å². The molecule has 7 heteroatoms. The van der Waals surface area contributed by atoms with Gasteiger partial charge < -0.3 is 14.8 Å². The molecule has 2 heterocycles. The largest absolute Gasteiger partial charge is 0.481 e. The van der Waals surface area contributed by atoms with Gasteiger partial charge in [-0.3, -0.25) is 0 Å². The zero-order valence-electron chi connectivity index (χ0n) is 12.5. The third-order valence-corrected chi connectivity index (χ3v) is 3.96. The molecular weight excluding hydrogens is 288 g/mol. The van der Waals surface area contributed by atoms with Gasteiger partial charge in [0.1, 0.15) is 17.0 Å². The third-order valence-electron chi connectivity index (χ3n) is 2.84. The smallest absolute Gasteiger partial charge is 0.216 e. The van der Waals surface area contributed by atoms with E-state index < -0.39 is 0 Å². The Bertz CT molecular complexity index is 574. The molecule has 0 aliphatic rings. The lowest BCUT2D eigenvalue weighted by molar-refractivity contribution is 0.181. The van der Waals surface area contributed by atoms with Gasteiger partial charge in [0.25, 0.3) is 0 Å². The number of methoxy groups -OCH3 is 2. The Labute approximate surface area is 128 Å². The average Bonchev–Trinajstić information content (AvgIpc) is 2.91. The first-order valence-electron chi connectivity index (χ1n) is 6.83. The quantitative estimate of drug-likeness (QED) is 0.754. The molecule has 2 aromatic rings. The molecule has 2 aromatic heterocycles. The van der Waals surface area contributed by atoms with Gasteiger partial charge in [-0.25, -0.2) is 15.0 Å². The van der Waals surface area contributed by atoms with Gasteiger partial charge in [0, 0.05) is 24.6 Å². The summed E-state index contributed by atoms with van der Waals surface area (Å²) in [5.41, 5.74) is 1.73. The minimum absolute atomic E-state index is 0.502. The lowest BCUT2D eigenvalue weighted by Crippen LogP contribution is -2.14. The predicted molar refractivity (Wildman–Crippen MR) is 82.4 cm³/mol. The molecule has 0 aromatic carbocycles. The van der Waals surface area contributed by atoms with Crippen molar-refractivity contribution in [2.45, 2.75) is 26.5 Å². The van der Waals surface area contributed by atoms with Gasteiger partial charge in [0.05, 0.1) is 19.4 Å². The molecule has 0 radical (unpaired) electrons. The molecule has 2 rings (SSSR count). The first-order chi connectivity index (χ1) is 10.3. The molecule has 1 N–H and O–H groups in total. The lowest BCUT2D eigenvalue weighted by Gasteiger charge is -2.02. The van der Waals surface area contributed by atoms with Crippen LogP contribution in [0.2, 0.25) is 0 Å². The Kier molecular flexibility index (Phi) is 6.04. The standard InChI is InChI=1S/C14H20N4O2S/c1-4-5-15-7-12-11(8-19-2)18-14(21-12)10-6-13(20-3)17-9-16-10/h6,9,15H,4-5,7-8H2,1-3H3. The van der Waals surface area contributed by atoms with Crippen LogP contribution in [0.15, 0.2) is 12.4 Å². The molecule has 0 aliphatic carbocycles. The molecule has 0 aliphatic heterocycles. The fraction of sp³-hybridized carbons (Fsp3) is 0.500. The monoisotopic (exact) mass is 308 g/mol. The minimum Gasteiger partial charge on any atom is -0.481 e. The lowest BCUT2D eigenvalue weighted by atomic mass is 10.3. The van der Waals surface area contributed by atoms with Crippen molar-refractivity contribution in [1.29, 1.82) is 0 Å². The fourth-order valence-electron chi connectivity index (χ4n) is 1.83. The second kappa shape index (κ2) is 8.02. The minimum atomic E-state index is 0.502. The van der Waals surface area contributed by atoms with Gasteiger partial charge in [0.15, 0.2) is 0 Å². The molecule has 0 bridgehead atoms. The summed E-state index contributed by atoms with van der Waals surface area (Å²) < 4.78 is 10.4. The van der Waals surface area contributed by atoms with Crippen LogP contribution in [0.25, 0.3) is 10.7 Å². The second-order valence-electron chi connectivity index (χ2n) is 4.44. The summed E-state index contributed by atoms with van der Waals surface area (Å²) in [6.45, 7) is 4.43. The zero-order valence-corrected chi connectivity index (χ0v) is 13.4. The topological polar surface area (TPSA) is 69.2 Å². The van der Waals surface area contributed by atoms with Crippen molar-refractivity contribution < 1.29 is 9.47 Å². The number of ether oxygens (including phenoxy) is 2. The maximum atomic E-state index is 5.23. The first-order valence-corrected chi connectivity index (χ1v) is 7.64. The van der Waals surface area contributed by atoms with Crippen LogP contribution < -0.4 is 10.1 Å².